The molecule has 0 radical (unpaired) electrons. The zero-order chi connectivity index (χ0) is 14.3. The average molecular weight is 325 g/mol. The van der Waals surface area contributed by atoms with E-state index in [-0.39, 0.29) is 24.3 Å². The number of rotatable bonds is 6. The summed E-state index contributed by atoms with van der Waals surface area (Å²) in [6.07, 6.45) is 2.93. The second kappa shape index (κ2) is 7.53. The molecule has 0 aliphatic carbocycles. The first-order chi connectivity index (χ1) is 9.08. The van der Waals surface area contributed by atoms with Crippen molar-refractivity contribution in [3.8, 4) is 0 Å². The van der Waals surface area contributed by atoms with Gasteiger partial charge < -0.3 is 9.47 Å². The first-order valence-electron chi connectivity index (χ1n) is 5.45. The zero-order valence-corrected chi connectivity index (χ0v) is 11.8. The second-order valence-electron chi connectivity index (χ2n) is 3.50. The quantitative estimate of drug-likeness (QED) is 0.596. The van der Waals surface area contributed by atoms with Gasteiger partial charge in [0.1, 0.15) is 13.2 Å². The molecular weight excluding hydrogens is 312 g/mol. The molecule has 0 amide bonds. The summed E-state index contributed by atoms with van der Waals surface area (Å²) >= 11 is 3.23. The van der Waals surface area contributed by atoms with Crippen LogP contribution in [0.5, 0.6) is 0 Å². The molecule has 1 aromatic carbocycles. The van der Waals surface area contributed by atoms with E-state index in [4.69, 9.17) is 9.47 Å². The summed E-state index contributed by atoms with van der Waals surface area (Å²) in [5.41, 5.74) is 0.531. The average Bonchev–Trinajstić information content (AvgIpc) is 2.41. The van der Waals surface area contributed by atoms with E-state index in [0.717, 1.165) is 0 Å². The highest BCUT2D eigenvalue weighted by Gasteiger charge is 2.13. The molecule has 0 aliphatic rings. The second-order valence-corrected chi connectivity index (χ2v) is 4.42. The van der Waals surface area contributed by atoms with Crippen molar-refractivity contribution in [1.29, 1.82) is 0 Å². The molecule has 4 nitrogen and oxygen atoms in total. The summed E-state index contributed by atoms with van der Waals surface area (Å²) in [7, 11) is 0. The fourth-order valence-electron chi connectivity index (χ4n) is 1.26. The van der Waals surface area contributed by atoms with Gasteiger partial charge in [0, 0.05) is 4.47 Å². The van der Waals surface area contributed by atoms with Gasteiger partial charge in [-0.2, -0.15) is 0 Å². The van der Waals surface area contributed by atoms with Crippen molar-refractivity contribution in [2.75, 3.05) is 13.2 Å². The Bertz CT molecular complexity index is 466. The van der Waals surface area contributed by atoms with E-state index in [9.17, 15) is 9.59 Å². The van der Waals surface area contributed by atoms with Crippen molar-refractivity contribution in [2.24, 2.45) is 0 Å². The molecule has 1 aromatic rings. The van der Waals surface area contributed by atoms with Crippen LogP contribution in [0.15, 0.2) is 48.0 Å². The van der Waals surface area contributed by atoms with E-state index in [1.807, 2.05) is 0 Å². The Kier molecular flexibility index (Phi) is 6.02. The number of halogens is 1. The molecule has 0 aromatic heterocycles. The van der Waals surface area contributed by atoms with Crippen LogP contribution in [0, 0.1) is 0 Å². The molecule has 0 fully saturated rings. The predicted molar refractivity (Wildman–Crippen MR) is 75.1 cm³/mol. The summed E-state index contributed by atoms with van der Waals surface area (Å²) < 4.78 is 10.4. The SMILES string of the molecule is C=CCOC(=O)c1cc(Br)cc(C(=O)OCC=C)c1. The normalized spacial score (nSPS) is 9.53. The molecule has 0 aliphatic heterocycles. The highest BCUT2D eigenvalue weighted by Crippen LogP contribution is 2.17. The molecule has 0 unspecified atom stereocenters. The molecule has 100 valence electrons. The standard InChI is InChI=1S/C14H13BrO4/c1-3-5-18-13(16)10-7-11(9-12(15)8-10)14(17)19-6-4-2/h3-4,7-9H,1-2,5-6H2. The van der Waals surface area contributed by atoms with E-state index < -0.39 is 11.9 Å². The molecule has 0 bridgehead atoms. The van der Waals surface area contributed by atoms with Gasteiger partial charge in [-0.15, -0.1) is 0 Å². The molecule has 0 atom stereocenters. The van der Waals surface area contributed by atoms with Crippen molar-refractivity contribution in [2.45, 2.75) is 0 Å². The van der Waals surface area contributed by atoms with Crippen molar-refractivity contribution in [1.82, 2.24) is 0 Å². The van der Waals surface area contributed by atoms with Gasteiger partial charge >= 0.3 is 11.9 Å². The third-order valence-corrected chi connectivity index (χ3v) is 2.49. The Balaban J connectivity index is 2.93. The fraction of sp³-hybridized carbons (Fsp3) is 0.143. The molecule has 1 rings (SSSR count). The zero-order valence-electron chi connectivity index (χ0n) is 10.2. The van der Waals surface area contributed by atoms with Gasteiger partial charge in [0.25, 0.3) is 0 Å². The van der Waals surface area contributed by atoms with E-state index in [2.05, 4.69) is 29.1 Å². The molecule has 0 saturated heterocycles. The van der Waals surface area contributed by atoms with Crippen LogP contribution in [0.3, 0.4) is 0 Å². The largest absolute Gasteiger partial charge is 0.458 e. The minimum Gasteiger partial charge on any atom is -0.458 e. The number of ether oxygens (including phenoxy) is 2. The van der Waals surface area contributed by atoms with E-state index >= 15 is 0 Å². The first kappa shape index (κ1) is 15.2. The van der Waals surface area contributed by atoms with Gasteiger partial charge in [0.15, 0.2) is 0 Å². The summed E-state index contributed by atoms with van der Waals surface area (Å²) in [4.78, 5) is 23.4. The van der Waals surface area contributed by atoms with Crippen LogP contribution in [-0.2, 0) is 9.47 Å². The van der Waals surface area contributed by atoms with Crippen molar-refractivity contribution < 1.29 is 19.1 Å². The molecule has 5 heteroatoms. The molecule has 0 saturated carbocycles. The molecule has 0 spiro atoms. The Hall–Kier alpha value is -1.88. The lowest BCUT2D eigenvalue weighted by Crippen LogP contribution is -2.09. The van der Waals surface area contributed by atoms with Gasteiger partial charge in [0.05, 0.1) is 11.1 Å². The van der Waals surface area contributed by atoms with Crippen LogP contribution in [0.4, 0.5) is 0 Å². The van der Waals surface area contributed by atoms with Gasteiger partial charge in [-0.25, -0.2) is 9.59 Å². The first-order valence-corrected chi connectivity index (χ1v) is 6.24. The predicted octanol–water partition coefficient (Wildman–Crippen LogP) is 3.13. The van der Waals surface area contributed by atoms with E-state index in [1.165, 1.54) is 18.2 Å². The van der Waals surface area contributed by atoms with Crippen LogP contribution in [0.1, 0.15) is 20.7 Å². The minimum atomic E-state index is -0.529. The highest BCUT2D eigenvalue weighted by atomic mass is 79.9. The Morgan fingerprint density at radius 3 is 1.79 bits per heavy atom. The monoisotopic (exact) mass is 324 g/mol. The van der Waals surface area contributed by atoms with Gasteiger partial charge in [0.2, 0.25) is 0 Å². The molecular formula is C14H13BrO4. The van der Waals surface area contributed by atoms with Crippen molar-refractivity contribution in [3.63, 3.8) is 0 Å². The van der Waals surface area contributed by atoms with Crippen molar-refractivity contribution >= 4 is 27.9 Å². The lowest BCUT2D eigenvalue weighted by atomic mass is 10.1. The van der Waals surface area contributed by atoms with Gasteiger partial charge in [-0.3, -0.25) is 0 Å². The Morgan fingerprint density at radius 2 is 1.42 bits per heavy atom. The summed E-state index contributed by atoms with van der Waals surface area (Å²) in [6.45, 7) is 7.13. The molecule has 19 heavy (non-hydrogen) atoms. The van der Waals surface area contributed by atoms with Gasteiger partial charge in [-0.1, -0.05) is 41.2 Å². The maximum Gasteiger partial charge on any atom is 0.338 e. The maximum absolute atomic E-state index is 11.7. The van der Waals surface area contributed by atoms with Crippen LogP contribution < -0.4 is 0 Å². The smallest absolute Gasteiger partial charge is 0.338 e. The van der Waals surface area contributed by atoms with Crippen LogP contribution in [0.25, 0.3) is 0 Å². The molecule has 0 N–H and O–H groups in total. The van der Waals surface area contributed by atoms with Crippen LogP contribution in [0.2, 0.25) is 0 Å². The fourth-order valence-corrected chi connectivity index (χ4v) is 1.75. The Labute approximate surface area is 119 Å². The van der Waals surface area contributed by atoms with E-state index in [1.54, 1.807) is 12.1 Å². The van der Waals surface area contributed by atoms with Crippen LogP contribution >= 0.6 is 15.9 Å². The Morgan fingerprint density at radius 1 is 1.00 bits per heavy atom. The number of hydrogen-bond donors (Lipinski definition) is 0. The lowest BCUT2D eigenvalue weighted by Gasteiger charge is -2.06. The lowest BCUT2D eigenvalue weighted by molar-refractivity contribution is 0.0548. The van der Waals surface area contributed by atoms with E-state index in [0.29, 0.717) is 4.47 Å². The van der Waals surface area contributed by atoms with Crippen LogP contribution in [-0.4, -0.2) is 25.2 Å². The minimum absolute atomic E-state index is 0.113. The number of benzene rings is 1. The number of carbonyl (C=O) groups is 2. The summed E-state index contributed by atoms with van der Waals surface area (Å²) in [5, 5.41) is 0. The van der Waals surface area contributed by atoms with Crippen molar-refractivity contribution in [3.05, 3.63) is 59.1 Å². The maximum atomic E-state index is 11.7. The number of hydrogen-bond acceptors (Lipinski definition) is 4. The topological polar surface area (TPSA) is 52.6 Å². The highest BCUT2D eigenvalue weighted by molar-refractivity contribution is 9.10. The third-order valence-electron chi connectivity index (χ3n) is 2.03. The summed E-state index contributed by atoms with van der Waals surface area (Å²) in [5.74, 6) is -1.06. The molecule has 0 heterocycles. The summed E-state index contributed by atoms with van der Waals surface area (Å²) in [6, 6.07) is 4.55. The third kappa shape index (κ3) is 4.71. The van der Waals surface area contributed by atoms with Gasteiger partial charge in [-0.05, 0) is 18.2 Å². The number of esters is 2. The number of carbonyl (C=O) groups excluding carboxylic acids is 2.